The molecule has 0 amide bonds. The van der Waals surface area contributed by atoms with Crippen molar-refractivity contribution in [2.24, 2.45) is 0 Å². The third-order valence-electron chi connectivity index (χ3n) is 8.25. The molecule has 2 heteroatoms. The highest BCUT2D eigenvalue weighted by Crippen LogP contribution is 2.49. The number of nitrogens with zero attached hydrogens (tertiary/aromatic N) is 2. The molecule has 5 aromatic carbocycles. The molecular formula is C33H20N2. The van der Waals surface area contributed by atoms with E-state index in [1.807, 2.05) is 0 Å². The van der Waals surface area contributed by atoms with Gasteiger partial charge in [-0.25, -0.2) is 4.98 Å². The van der Waals surface area contributed by atoms with Crippen LogP contribution in [0.2, 0.25) is 0 Å². The van der Waals surface area contributed by atoms with Crippen LogP contribution in [0.4, 0.5) is 0 Å². The van der Waals surface area contributed by atoms with Gasteiger partial charge in [0.05, 0.1) is 16.6 Å². The highest BCUT2D eigenvalue weighted by molar-refractivity contribution is 6.15. The van der Waals surface area contributed by atoms with Gasteiger partial charge in [-0.1, -0.05) is 84.9 Å². The Morgan fingerprint density at radius 1 is 0.543 bits per heavy atom. The number of hydrogen-bond donors (Lipinski definition) is 0. The lowest BCUT2D eigenvalue weighted by Crippen LogP contribution is -1.93. The zero-order valence-electron chi connectivity index (χ0n) is 19.0. The smallest absolute Gasteiger partial charge is 0.146 e. The van der Waals surface area contributed by atoms with Gasteiger partial charge >= 0.3 is 0 Å². The Morgan fingerprint density at radius 2 is 1.26 bits per heavy atom. The summed E-state index contributed by atoms with van der Waals surface area (Å²) in [6.07, 6.45) is 2.03. The van der Waals surface area contributed by atoms with Crippen LogP contribution in [0.5, 0.6) is 0 Å². The Bertz CT molecular complexity index is 2060. The Labute approximate surface area is 202 Å². The second-order valence-electron chi connectivity index (χ2n) is 9.93. The van der Waals surface area contributed by atoms with Crippen LogP contribution >= 0.6 is 0 Å². The van der Waals surface area contributed by atoms with Gasteiger partial charge in [0, 0.05) is 16.3 Å². The minimum Gasteiger partial charge on any atom is -0.291 e. The molecule has 2 nitrogen and oxygen atoms in total. The number of imidazole rings is 1. The van der Waals surface area contributed by atoms with E-state index in [0.29, 0.717) is 0 Å². The fourth-order valence-corrected chi connectivity index (χ4v) is 6.78. The predicted molar refractivity (Wildman–Crippen MR) is 144 cm³/mol. The first-order chi connectivity index (χ1) is 17.4. The van der Waals surface area contributed by atoms with Crippen molar-refractivity contribution in [1.82, 2.24) is 9.38 Å². The van der Waals surface area contributed by atoms with Crippen LogP contribution in [0.3, 0.4) is 0 Å². The van der Waals surface area contributed by atoms with Crippen molar-refractivity contribution in [3.05, 3.63) is 119 Å². The van der Waals surface area contributed by atoms with E-state index in [1.165, 1.54) is 71.7 Å². The average Bonchev–Trinajstić information content (AvgIpc) is 3.59. The second kappa shape index (κ2) is 6.17. The molecule has 0 N–H and O–H groups in total. The third kappa shape index (κ3) is 2.14. The molecular weight excluding hydrogens is 424 g/mol. The zero-order valence-corrected chi connectivity index (χ0v) is 19.0. The summed E-state index contributed by atoms with van der Waals surface area (Å²) in [5, 5.41) is 3.74. The molecule has 2 aliphatic carbocycles. The van der Waals surface area contributed by atoms with E-state index >= 15 is 0 Å². The first-order valence-corrected chi connectivity index (χ1v) is 12.3. The Balaban J connectivity index is 1.44. The molecule has 0 unspecified atom stereocenters. The van der Waals surface area contributed by atoms with Crippen molar-refractivity contribution in [1.29, 1.82) is 0 Å². The molecule has 2 aromatic heterocycles. The highest BCUT2D eigenvalue weighted by Gasteiger charge is 2.30. The summed E-state index contributed by atoms with van der Waals surface area (Å²) in [5.41, 5.74) is 16.0. The number of rotatable bonds is 0. The van der Waals surface area contributed by atoms with Crippen LogP contribution in [0.15, 0.2) is 97.1 Å². The molecule has 9 rings (SSSR count). The number of fused-ring (bicyclic) bond motifs is 16. The molecule has 0 radical (unpaired) electrons. The molecule has 0 saturated heterocycles. The van der Waals surface area contributed by atoms with E-state index in [0.717, 1.165) is 24.0 Å². The van der Waals surface area contributed by atoms with Gasteiger partial charge in [0.15, 0.2) is 0 Å². The lowest BCUT2D eigenvalue weighted by atomic mass is 9.96. The minimum atomic E-state index is 0.997. The molecule has 0 bridgehead atoms. The maximum Gasteiger partial charge on any atom is 0.146 e. The normalized spacial score (nSPS) is 13.5. The summed E-state index contributed by atoms with van der Waals surface area (Å²) in [5.74, 6) is 0. The molecule has 0 fully saturated rings. The topological polar surface area (TPSA) is 17.3 Å². The number of hydrogen-bond acceptors (Lipinski definition) is 1. The predicted octanol–water partition coefficient (Wildman–Crippen LogP) is 7.94. The molecule has 2 heterocycles. The van der Waals surface area contributed by atoms with Gasteiger partial charge < -0.3 is 0 Å². The maximum atomic E-state index is 5.21. The summed E-state index contributed by atoms with van der Waals surface area (Å²) in [4.78, 5) is 5.21. The molecule has 7 aromatic rings. The number of benzene rings is 5. The van der Waals surface area contributed by atoms with E-state index < -0.39 is 0 Å². The summed E-state index contributed by atoms with van der Waals surface area (Å²) >= 11 is 0. The fraction of sp³-hybridized carbons (Fsp3) is 0.0606. The quantitative estimate of drug-likeness (QED) is 0.217. The van der Waals surface area contributed by atoms with E-state index in [2.05, 4.69) is 101 Å². The molecule has 35 heavy (non-hydrogen) atoms. The number of pyridine rings is 1. The number of para-hydroxylation sites is 1. The molecule has 0 aliphatic heterocycles. The second-order valence-corrected chi connectivity index (χ2v) is 9.93. The lowest BCUT2D eigenvalue weighted by molar-refractivity contribution is 1.16. The van der Waals surface area contributed by atoms with Crippen LogP contribution in [0.25, 0.3) is 60.6 Å². The van der Waals surface area contributed by atoms with Crippen molar-refractivity contribution in [3.63, 3.8) is 0 Å². The van der Waals surface area contributed by atoms with Crippen molar-refractivity contribution in [2.45, 2.75) is 12.8 Å². The Hall–Kier alpha value is -4.43. The third-order valence-corrected chi connectivity index (χ3v) is 8.25. The van der Waals surface area contributed by atoms with Crippen molar-refractivity contribution in [2.75, 3.05) is 0 Å². The van der Waals surface area contributed by atoms with Crippen molar-refractivity contribution >= 4 is 38.4 Å². The zero-order chi connectivity index (χ0) is 22.7. The molecule has 162 valence electrons. The summed E-state index contributed by atoms with van der Waals surface area (Å²) in [6.45, 7) is 0. The Kier molecular flexibility index (Phi) is 3.16. The van der Waals surface area contributed by atoms with Gasteiger partial charge in [-0.05, 0) is 69.3 Å². The largest absolute Gasteiger partial charge is 0.291 e. The van der Waals surface area contributed by atoms with Crippen LogP contribution in [0, 0.1) is 0 Å². The first kappa shape index (κ1) is 18.0. The van der Waals surface area contributed by atoms with Crippen LogP contribution in [-0.4, -0.2) is 9.38 Å². The van der Waals surface area contributed by atoms with Gasteiger partial charge in [-0.15, -0.1) is 0 Å². The van der Waals surface area contributed by atoms with Gasteiger partial charge in [0.25, 0.3) is 0 Å². The summed E-state index contributed by atoms with van der Waals surface area (Å²) in [6, 6.07) is 35.6. The number of aromatic nitrogens is 2. The molecule has 0 spiro atoms. The highest BCUT2D eigenvalue weighted by atomic mass is 15.0. The van der Waals surface area contributed by atoms with E-state index in [1.54, 1.807) is 0 Å². The fourth-order valence-electron chi connectivity index (χ4n) is 6.78. The first-order valence-electron chi connectivity index (χ1n) is 12.3. The van der Waals surface area contributed by atoms with E-state index in [-0.39, 0.29) is 0 Å². The molecule has 0 saturated carbocycles. The molecule has 2 aliphatic rings. The van der Waals surface area contributed by atoms with Crippen LogP contribution < -0.4 is 0 Å². The minimum absolute atomic E-state index is 0.997. The van der Waals surface area contributed by atoms with Crippen LogP contribution in [0.1, 0.15) is 22.3 Å². The summed E-state index contributed by atoms with van der Waals surface area (Å²) < 4.78 is 2.42. The maximum absolute atomic E-state index is 5.21. The average molecular weight is 445 g/mol. The standard InChI is InChI=1S/C33H20N2/c1-2-8-21-19(7-1)17-27-23(21)14-15-25-28(27)18-20-13-16-29-32(31(20)25)35-30-12-6-5-10-24(30)22-9-3-4-11-26(22)33(35)34-29/h1-16H,17-18H2. The van der Waals surface area contributed by atoms with E-state index in [9.17, 15) is 0 Å². The van der Waals surface area contributed by atoms with Crippen molar-refractivity contribution < 1.29 is 0 Å². The molecule has 0 atom stereocenters. The Morgan fingerprint density at radius 3 is 2.20 bits per heavy atom. The van der Waals surface area contributed by atoms with Crippen LogP contribution in [-0.2, 0) is 12.8 Å². The lowest BCUT2D eigenvalue weighted by Gasteiger charge is -2.11. The van der Waals surface area contributed by atoms with Gasteiger partial charge in [0.1, 0.15) is 5.65 Å². The van der Waals surface area contributed by atoms with Gasteiger partial charge in [0.2, 0.25) is 0 Å². The van der Waals surface area contributed by atoms with E-state index in [4.69, 9.17) is 4.98 Å². The SMILES string of the molecule is c1ccc2c(c1)Cc1c-2ccc2c1Cc1ccc3nc4c5ccccc5c5ccccc5n4c3c1-2. The summed E-state index contributed by atoms with van der Waals surface area (Å²) in [7, 11) is 0. The monoisotopic (exact) mass is 444 g/mol. The van der Waals surface area contributed by atoms with Crippen molar-refractivity contribution in [3.8, 4) is 22.3 Å². The van der Waals surface area contributed by atoms with Gasteiger partial charge in [-0.3, -0.25) is 4.40 Å². The van der Waals surface area contributed by atoms with Gasteiger partial charge in [-0.2, -0.15) is 0 Å².